The second-order valence-electron chi connectivity index (χ2n) is 6.86. The van der Waals surface area contributed by atoms with Crippen LogP contribution in [0.4, 0.5) is 8.78 Å². The minimum absolute atomic E-state index is 0.0297. The highest BCUT2D eigenvalue weighted by Gasteiger charge is 2.27. The molecule has 0 bridgehead atoms. The van der Waals surface area contributed by atoms with Crippen LogP contribution in [0, 0.1) is 11.6 Å². The highest BCUT2D eigenvalue weighted by atomic mass is 19.1. The van der Waals surface area contributed by atoms with E-state index in [0.29, 0.717) is 11.1 Å². The van der Waals surface area contributed by atoms with E-state index in [0.717, 1.165) is 33.4 Å². The van der Waals surface area contributed by atoms with Gasteiger partial charge in [-0.2, -0.15) is 0 Å². The molecule has 0 fully saturated rings. The summed E-state index contributed by atoms with van der Waals surface area (Å²) in [5.74, 6) is -0.610. The predicted molar refractivity (Wildman–Crippen MR) is 106 cm³/mol. The summed E-state index contributed by atoms with van der Waals surface area (Å²) >= 11 is 0. The first kappa shape index (κ1) is 16.6. The maximum absolute atomic E-state index is 13.2. The van der Waals surface area contributed by atoms with Crippen LogP contribution in [0.25, 0.3) is 33.4 Å². The Morgan fingerprint density at radius 1 is 0.429 bits per heavy atom. The first-order valence-electron chi connectivity index (χ1n) is 8.95. The van der Waals surface area contributed by atoms with Gasteiger partial charge in [-0.25, -0.2) is 8.78 Å². The zero-order chi connectivity index (χ0) is 19.3. The normalized spacial score (nSPS) is 12.0. The van der Waals surface area contributed by atoms with Gasteiger partial charge in [-0.3, -0.25) is 4.79 Å². The number of rotatable bonds is 2. The molecule has 0 spiro atoms. The third-order valence-corrected chi connectivity index (χ3v) is 5.17. The molecule has 0 atom stereocenters. The molecule has 1 nitrogen and oxygen atoms in total. The van der Waals surface area contributed by atoms with Crippen LogP contribution in [-0.2, 0) is 0 Å². The average Bonchev–Trinajstić information content (AvgIpc) is 3.00. The molecule has 3 heteroatoms. The average molecular weight is 368 g/mol. The second-order valence-corrected chi connectivity index (χ2v) is 6.86. The molecular weight excluding hydrogens is 354 g/mol. The standard InChI is InChI=1S/C25H14F2O/c26-19-7-1-15(2-8-19)17-5-11-21-22-12-6-18(16-3-9-20(27)10-4-16)14-24(22)25(28)23(21)13-17/h1-14H. The van der Waals surface area contributed by atoms with Crippen molar-refractivity contribution in [3.8, 4) is 33.4 Å². The van der Waals surface area contributed by atoms with Crippen molar-refractivity contribution in [2.75, 3.05) is 0 Å². The Hall–Kier alpha value is -3.59. The molecule has 0 amide bonds. The zero-order valence-electron chi connectivity index (χ0n) is 14.7. The first-order chi connectivity index (χ1) is 13.6. The zero-order valence-corrected chi connectivity index (χ0v) is 14.7. The Morgan fingerprint density at radius 3 is 1.18 bits per heavy atom. The summed E-state index contributed by atoms with van der Waals surface area (Å²) in [6, 6.07) is 24.0. The van der Waals surface area contributed by atoms with Gasteiger partial charge in [0.1, 0.15) is 11.6 Å². The largest absolute Gasteiger partial charge is 0.289 e. The maximum atomic E-state index is 13.2. The summed E-state index contributed by atoms with van der Waals surface area (Å²) in [4.78, 5) is 13.0. The number of hydrogen-bond acceptors (Lipinski definition) is 1. The van der Waals surface area contributed by atoms with Crippen LogP contribution in [0.2, 0.25) is 0 Å². The van der Waals surface area contributed by atoms with Crippen LogP contribution in [-0.4, -0.2) is 5.78 Å². The van der Waals surface area contributed by atoms with E-state index in [2.05, 4.69) is 0 Å². The highest BCUT2D eigenvalue weighted by molar-refractivity contribution is 6.22. The fourth-order valence-corrected chi connectivity index (χ4v) is 3.72. The Labute approximate surface area is 160 Å². The summed E-state index contributed by atoms with van der Waals surface area (Å²) in [6.45, 7) is 0. The molecule has 0 saturated carbocycles. The van der Waals surface area contributed by atoms with Crippen molar-refractivity contribution in [1.82, 2.24) is 0 Å². The van der Waals surface area contributed by atoms with Crippen LogP contribution in [0.1, 0.15) is 15.9 Å². The van der Waals surface area contributed by atoms with Crippen LogP contribution >= 0.6 is 0 Å². The van der Waals surface area contributed by atoms with Crippen LogP contribution < -0.4 is 0 Å². The number of hydrogen-bond donors (Lipinski definition) is 0. The number of carbonyl (C=O) groups excluding carboxylic acids is 1. The van der Waals surface area contributed by atoms with E-state index in [1.165, 1.54) is 24.3 Å². The molecule has 28 heavy (non-hydrogen) atoms. The van der Waals surface area contributed by atoms with E-state index < -0.39 is 0 Å². The number of fused-ring (bicyclic) bond motifs is 3. The summed E-state index contributed by atoms with van der Waals surface area (Å²) in [5, 5.41) is 0. The van der Waals surface area contributed by atoms with E-state index in [9.17, 15) is 13.6 Å². The lowest BCUT2D eigenvalue weighted by molar-refractivity contribution is 0.104. The van der Waals surface area contributed by atoms with E-state index in [-0.39, 0.29) is 17.4 Å². The Morgan fingerprint density at radius 2 is 0.786 bits per heavy atom. The lowest BCUT2D eigenvalue weighted by Gasteiger charge is -2.06. The molecule has 0 saturated heterocycles. The van der Waals surface area contributed by atoms with Gasteiger partial charge in [0.05, 0.1) is 0 Å². The number of carbonyl (C=O) groups is 1. The Bertz CT molecular complexity index is 1130. The molecule has 4 aromatic carbocycles. The molecule has 0 heterocycles. The van der Waals surface area contributed by atoms with Crippen LogP contribution in [0.3, 0.4) is 0 Å². The number of ketones is 1. The van der Waals surface area contributed by atoms with Gasteiger partial charge in [-0.05, 0) is 69.8 Å². The summed E-state index contributed by atoms with van der Waals surface area (Å²) in [5.41, 5.74) is 6.56. The van der Waals surface area contributed by atoms with Crippen molar-refractivity contribution in [2.24, 2.45) is 0 Å². The predicted octanol–water partition coefficient (Wildman–Crippen LogP) is 6.51. The fraction of sp³-hybridized carbons (Fsp3) is 0. The first-order valence-corrected chi connectivity index (χ1v) is 8.95. The Balaban J connectivity index is 1.57. The highest BCUT2D eigenvalue weighted by Crippen LogP contribution is 2.40. The minimum Gasteiger partial charge on any atom is -0.289 e. The van der Waals surface area contributed by atoms with Gasteiger partial charge in [0, 0.05) is 11.1 Å². The molecule has 0 N–H and O–H groups in total. The molecule has 1 aliphatic rings. The smallest absolute Gasteiger partial charge is 0.194 e. The summed E-state index contributed by atoms with van der Waals surface area (Å²) in [6.07, 6.45) is 0. The van der Waals surface area contributed by atoms with Crippen LogP contribution in [0.5, 0.6) is 0 Å². The third-order valence-electron chi connectivity index (χ3n) is 5.17. The third kappa shape index (κ3) is 2.64. The van der Waals surface area contributed by atoms with E-state index in [4.69, 9.17) is 0 Å². The molecular formula is C25H14F2O. The van der Waals surface area contributed by atoms with Gasteiger partial charge in [-0.1, -0.05) is 48.5 Å². The fourth-order valence-electron chi connectivity index (χ4n) is 3.72. The number of benzene rings is 4. The van der Waals surface area contributed by atoms with E-state index >= 15 is 0 Å². The van der Waals surface area contributed by atoms with Crippen molar-refractivity contribution in [2.45, 2.75) is 0 Å². The Kier molecular flexibility index (Phi) is 3.69. The van der Waals surface area contributed by atoms with E-state index in [1.54, 1.807) is 24.3 Å². The lowest BCUT2D eigenvalue weighted by atomic mass is 9.98. The van der Waals surface area contributed by atoms with Crippen molar-refractivity contribution in [3.63, 3.8) is 0 Å². The second kappa shape index (κ2) is 6.24. The molecule has 0 aliphatic heterocycles. The molecule has 0 radical (unpaired) electrons. The van der Waals surface area contributed by atoms with Crippen molar-refractivity contribution < 1.29 is 13.6 Å². The SMILES string of the molecule is O=C1c2cc(-c3ccc(F)cc3)ccc2-c2ccc(-c3ccc(F)cc3)cc21. The molecule has 0 aromatic heterocycles. The number of halogens is 2. The monoisotopic (exact) mass is 368 g/mol. The maximum Gasteiger partial charge on any atom is 0.194 e. The molecule has 5 rings (SSSR count). The van der Waals surface area contributed by atoms with Gasteiger partial charge in [0.25, 0.3) is 0 Å². The summed E-state index contributed by atoms with van der Waals surface area (Å²) < 4.78 is 26.4. The van der Waals surface area contributed by atoms with Crippen molar-refractivity contribution in [1.29, 1.82) is 0 Å². The van der Waals surface area contributed by atoms with Gasteiger partial charge in [0.2, 0.25) is 0 Å². The molecule has 0 unspecified atom stereocenters. The van der Waals surface area contributed by atoms with E-state index in [1.807, 2.05) is 36.4 Å². The molecule has 4 aromatic rings. The van der Waals surface area contributed by atoms with Gasteiger partial charge >= 0.3 is 0 Å². The lowest BCUT2D eigenvalue weighted by Crippen LogP contribution is -1.96. The van der Waals surface area contributed by atoms with Gasteiger partial charge < -0.3 is 0 Å². The van der Waals surface area contributed by atoms with Crippen molar-refractivity contribution >= 4 is 5.78 Å². The van der Waals surface area contributed by atoms with Gasteiger partial charge in [0.15, 0.2) is 5.78 Å². The summed E-state index contributed by atoms with van der Waals surface area (Å²) in [7, 11) is 0. The quantitative estimate of drug-likeness (QED) is 0.347. The molecule has 134 valence electrons. The van der Waals surface area contributed by atoms with Gasteiger partial charge in [-0.15, -0.1) is 0 Å². The minimum atomic E-state index is -0.290. The molecule has 1 aliphatic carbocycles. The van der Waals surface area contributed by atoms with Crippen molar-refractivity contribution in [3.05, 3.63) is 108 Å². The van der Waals surface area contributed by atoms with Crippen LogP contribution in [0.15, 0.2) is 84.9 Å². The topological polar surface area (TPSA) is 17.1 Å².